The summed E-state index contributed by atoms with van der Waals surface area (Å²) in [6, 6.07) is 2.87. The molecule has 1 aromatic heterocycles. The minimum absolute atomic E-state index is 0. The summed E-state index contributed by atoms with van der Waals surface area (Å²) in [5.41, 5.74) is 1.16. The van der Waals surface area contributed by atoms with Crippen LogP contribution in [0.5, 0.6) is 0 Å². The van der Waals surface area contributed by atoms with Gasteiger partial charge in [-0.3, -0.25) is 4.79 Å². The molecule has 5 heteroatoms. The molecule has 1 aromatic rings. The van der Waals surface area contributed by atoms with Crippen molar-refractivity contribution < 1.29 is 4.79 Å². The minimum Gasteiger partial charge on any atom is -0.348 e. The van der Waals surface area contributed by atoms with Gasteiger partial charge in [0.1, 0.15) is 0 Å². The van der Waals surface area contributed by atoms with Crippen LogP contribution in [0.2, 0.25) is 0 Å². The summed E-state index contributed by atoms with van der Waals surface area (Å²) in [5.74, 6) is 0.107. The van der Waals surface area contributed by atoms with E-state index in [0.717, 1.165) is 36.2 Å². The fourth-order valence-corrected chi connectivity index (χ4v) is 3.23. The number of nitrogens with one attached hydrogen (secondary N) is 2. The number of hydrogen-bond acceptors (Lipinski definition) is 3. The third-order valence-electron chi connectivity index (χ3n) is 3.29. The standard InChI is InChI=1S/C13H20N2OS.ClH/c1-3-10-5-7-17-12(10)13(16)15-11-4-6-14-9(2)8-11;/h5,7,9,11,14H,3-4,6,8H2,1-2H3,(H,15,16);1H. The predicted octanol–water partition coefficient (Wildman–Crippen LogP) is 2.60. The Morgan fingerprint density at radius 1 is 1.61 bits per heavy atom. The first-order valence-corrected chi connectivity index (χ1v) is 7.19. The van der Waals surface area contributed by atoms with Crippen LogP contribution in [-0.4, -0.2) is 24.5 Å². The third-order valence-corrected chi connectivity index (χ3v) is 4.25. The molecule has 1 amide bonds. The summed E-state index contributed by atoms with van der Waals surface area (Å²) >= 11 is 1.54. The second kappa shape index (κ2) is 7.12. The maximum absolute atomic E-state index is 12.1. The van der Waals surface area contributed by atoms with E-state index in [0.29, 0.717) is 12.1 Å². The first kappa shape index (κ1) is 15.5. The quantitative estimate of drug-likeness (QED) is 0.898. The molecule has 0 radical (unpaired) electrons. The van der Waals surface area contributed by atoms with E-state index >= 15 is 0 Å². The van der Waals surface area contributed by atoms with Gasteiger partial charge in [0.05, 0.1) is 4.88 Å². The van der Waals surface area contributed by atoms with Crippen molar-refractivity contribution in [2.45, 2.75) is 45.2 Å². The summed E-state index contributed by atoms with van der Waals surface area (Å²) in [7, 11) is 0. The number of amides is 1. The van der Waals surface area contributed by atoms with Crippen molar-refractivity contribution in [1.29, 1.82) is 0 Å². The van der Waals surface area contributed by atoms with Gasteiger partial charge in [-0.25, -0.2) is 0 Å². The molecule has 0 bridgehead atoms. The highest BCUT2D eigenvalue weighted by Crippen LogP contribution is 2.18. The molecule has 0 aliphatic carbocycles. The highest BCUT2D eigenvalue weighted by atomic mass is 35.5. The fraction of sp³-hybridized carbons (Fsp3) is 0.615. The average molecular weight is 289 g/mol. The highest BCUT2D eigenvalue weighted by Gasteiger charge is 2.21. The van der Waals surface area contributed by atoms with Gasteiger partial charge in [-0.15, -0.1) is 23.7 Å². The zero-order valence-electron chi connectivity index (χ0n) is 10.9. The van der Waals surface area contributed by atoms with E-state index in [9.17, 15) is 4.79 Å². The van der Waals surface area contributed by atoms with Crippen molar-refractivity contribution in [3.8, 4) is 0 Å². The molecule has 1 aliphatic heterocycles. The van der Waals surface area contributed by atoms with Gasteiger partial charge >= 0.3 is 0 Å². The maximum Gasteiger partial charge on any atom is 0.261 e. The summed E-state index contributed by atoms with van der Waals surface area (Å²) < 4.78 is 0. The second-order valence-electron chi connectivity index (χ2n) is 4.68. The Labute approximate surface area is 119 Å². The lowest BCUT2D eigenvalue weighted by atomic mass is 10.0. The molecule has 0 spiro atoms. The fourth-order valence-electron chi connectivity index (χ4n) is 2.33. The number of piperidine rings is 1. The van der Waals surface area contributed by atoms with Crippen LogP contribution in [0.25, 0.3) is 0 Å². The number of halogens is 1. The largest absolute Gasteiger partial charge is 0.348 e. The van der Waals surface area contributed by atoms with Crippen molar-refractivity contribution in [2.24, 2.45) is 0 Å². The summed E-state index contributed by atoms with van der Waals surface area (Å²) in [5, 5.41) is 8.55. The molecule has 0 saturated carbocycles. The minimum atomic E-state index is 0. The van der Waals surface area contributed by atoms with Crippen molar-refractivity contribution in [3.63, 3.8) is 0 Å². The lowest BCUT2D eigenvalue weighted by Gasteiger charge is -2.28. The Morgan fingerprint density at radius 3 is 3.06 bits per heavy atom. The molecule has 1 aliphatic rings. The molecule has 1 saturated heterocycles. The van der Waals surface area contributed by atoms with Crippen LogP contribution in [0.15, 0.2) is 11.4 Å². The van der Waals surface area contributed by atoms with Crippen LogP contribution in [-0.2, 0) is 6.42 Å². The van der Waals surface area contributed by atoms with Gasteiger partial charge < -0.3 is 10.6 Å². The molecule has 1 fully saturated rings. The second-order valence-corrected chi connectivity index (χ2v) is 5.59. The topological polar surface area (TPSA) is 41.1 Å². The third kappa shape index (κ3) is 3.70. The van der Waals surface area contributed by atoms with E-state index in [4.69, 9.17) is 0 Å². The SMILES string of the molecule is CCc1ccsc1C(=O)NC1CCNC(C)C1.Cl. The predicted molar refractivity (Wildman–Crippen MR) is 78.9 cm³/mol. The van der Waals surface area contributed by atoms with Crippen molar-refractivity contribution in [1.82, 2.24) is 10.6 Å². The van der Waals surface area contributed by atoms with Gasteiger partial charge in [0, 0.05) is 12.1 Å². The number of hydrogen-bond donors (Lipinski definition) is 2. The average Bonchev–Trinajstić information content (AvgIpc) is 2.77. The summed E-state index contributed by atoms with van der Waals surface area (Å²) in [4.78, 5) is 13.0. The zero-order valence-corrected chi connectivity index (χ0v) is 12.5. The smallest absolute Gasteiger partial charge is 0.261 e. The van der Waals surface area contributed by atoms with Gasteiger partial charge in [-0.1, -0.05) is 6.92 Å². The van der Waals surface area contributed by atoms with Crippen LogP contribution < -0.4 is 10.6 Å². The van der Waals surface area contributed by atoms with Gasteiger partial charge in [-0.05, 0) is 49.7 Å². The Hall–Kier alpha value is -0.580. The number of rotatable bonds is 3. The van der Waals surface area contributed by atoms with Crippen molar-refractivity contribution >= 4 is 29.7 Å². The Bertz CT molecular complexity index is 394. The molecule has 102 valence electrons. The van der Waals surface area contributed by atoms with E-state index in [-0.39, 0.29) is 18.3 Å². The molecule has 0 aromatic carbocycles. The van der Waals surface area contributed by atoms with Gasteiger partial charge in [0.2, 0.25) is 0 Å². The molecule has 3 nitrogen and oxygen atoms in total. The monoisotopic (exact) mass is 288 g/mol. The van der Waals surface area contributed by atoms with E-state index in [1.54, 1.807) is 11.3 Å². The molecular formula is C13H21ClN2OS. The number of carbonyl (C=O) groups excluding carboxylic acids is 1. The van der Waals surface area contributed by atoms with Crippen LogP contribution >= 0.6 is 23.7 Å². The molecule has 2 atom stereocenters. The molecule has 2 N–H and O–H groups in total. The normalized spacial score (nSPS) is 23.2. The first-order valence-electron chi connectivity index (χ1n) is 6.31. The van der Waals surface area contributed by atoms with E-state index in [1.807, 2.05) is 11.4 Å². The van der Waals surface area contributed by atoms with Crippen molar-refractivity contribution in [3.05, 3.63) is 21.9 Å². The molecule has 2 rings (SSSR count). The zero-order chi connectivity index (χ0) is 12.3. The van der Waals surface area contributed by atoms with Crippen LogP contribution in [0.1, 0.15) is 41.9 Å². The Kier molecular flexibility index (Phi) is 6.12. The molecule has 2 heterocycles. The summed E-state index contributed by atoms with van der Waals surface area (Å²) in [6.07, 6.45) is 2.98. The molecule has 2 unspecified atom stereocenters. The Morgan fingerprint density at radius 2 is 2.39 bits per heavy atom. The highest BCUT2D eigenvalue weighted by molar-refractivity contribution is 7.12. The van der Waals surface area contributed by atoms with Gasteiger partial charge in [-0.2, -0.15) is 0 Å². The number of thiophene rings is 1. The maximum atomic E-state index is 12.1. The molecular weight excluding hydrogens is 268 g/mol. The first-order chi connectivity index (χ1) is 8.20. The Balaban J connectivity index is 0.00000162. The van der Waals surface area contributed by atoms with E-state index < -0.39 is 0 Å². The lowest BCUT2D eigenvalue weighted by molar-refractivity contribution is 0.0929. The van der Waals surface area contributed by atoms with Crippen LogP contribution in [0, 0.1) is 0 Å². The molecule has 18 heavy (non-hydrogen) atoms. The lowest BCUT2D eigenvalue weighted by Crippen LogP contribution is -2.46. The number of aryl methyl sites for hydroxylation is 1. The van der Waals surface area contributed by atoms with Crippen LogP contribution in [0.4, 0.5) is 0 Å². The van der Waals surface area contributed by atoms with Gasteiger partial charge in [0.25, 0.3) is 5.91 Å². The van der Waals surface area contributed by atoms with Crippen molar-refractivity contribution in [2.75, 3.05) is 6.54 Å². The van der Waals surface area contributed by atoms with Gasteiger partial charge in [0.15, 0.2) is 0 Å². The number of carbonyl (C=O) groups is 1. The summed E-state index contributed by atoms with van der Waals surface area (Å²) in [6.45, 7) is 5.25. The van der Waals surface area contributed by atoms with Crippen LogP contribution in [0.3, 0.4) is 0 Å². The van der Waals surface area contributed by atoms with E-state index in [2.05, 4.69) is 24.5 Å². The van der Waals surface area contributed by atoms with E-state index in [1.165, 1.54) is 0 Å².